The smallest absolute Gasteiger partial charge is 0.306 e. The van der Waals surface area contributed by atoms with Crippen molar-refractivity contribution in [3.05, 3.63) is 0 Å². The van der Waals surface area contributed by atoms with E-state index >= 15 is 0 Å². The quantitative estimate of drug-likeness (QED) is 0.631. The molecule has 1 aliphatic rings. The van der Waals surface area contributed by atoms with E-state index < -0.39 is 16.0 Å². The first-order valence-electron chi connectivity index (χ1n) is 5.87. The molecule has 0 atom stereocenters. The number of carbonyl (C=O) groups is 1. The van der Waals surface area contributed by atoms with E-state index in [0.29, 0.717) is 19.6 Å². The average Bonchev–Trinajstić information content (AvgIpc) is 2.20. The molecule has 100 valence electrons. The van der Waals surface area contributed by atoms with E-state index in [9.17, 15) is 13.2 Å². The van der Waals surface area contributed by atoms with Gasteiger partial charge in [-0.25, -0.2) is 8.42 Å². The molecule has 7 heteroatoms. The van der Waals surface area contributed by atoms with Crippen LogP contribution >= 0.6 is 0 Å². The Kier molecular flexibility index (Phi) is 5.35. The highest BCUT2D eigenvalue weighted by Gasteiger charge is 2.32. The molecule has 1 N–H and O–H groups in total. The highest BCUT2D eigenvalue weighted by atomic mass is 32.2. The van der Waals surface area contributed by atoms with E-state index in [1.165, 1.54) is 4.31 Å². The maximum Gasteiger partial charge on any atom is 0.306 e. The number of rotatable bonds is 7. The zero-order chi connectivity index (χ0) is 12.9. The first-order chi connectivity index (χ1) is 8.01. The minimum absolute atomic E-state index is 0.0344. The summed E-state index contributed by atoms with van der Waals surface area (Å²) in [5, 5.41) is 3.04. The van der Waals surface area contributed by atoms with Gasteiger partial charge in [-0.05, 0) is 6.92 Å². The van der Waals surface area contributed by atoms with Gasteiger partial charge in [-0.2, -0.15) is 4.31 Å². The standard InChI is InChI=1S/C10H20N2O4S/c1-3-12(9-7-11-8-9)17(14,15)6-5-10(13)16-4-2/h9,11H,3-8H2,1-2H3. The summed E-state index contributed by atoms with van der Waals surface area (Å²) in [5.41, 5.74) is 0. The lowest BCUT2D eigenvalue weighted by Gasteiger charge is -2.36. The molecule has 0 aromatic heterocycles. The highest BCUT2D eigenvalue weighted by molar-refractivity contribution is 7.89. The fraction of sp³-hybridized carbons (Fsp3) is 0.900. The summed E-state index contributed by atoms with van der Waals surface area (Å²) in [7, 11) is -3.35. The van der Waals surface area contributed by atoms with Crippen molar-refractivity contribution in [1.29, 1.82) is 0 Å². The Bertz CT molecular complexity index is 351. The van der Waals surface area contributed by atoms with Crippen LogP contribution in [-0.2, 0) is 19.6 Å². The monoisotopic (exact) mass is 264 g/mol. The summed E-state index contributed by atoms with van der Waals surface area (Å²) in [6.45, 7) is 5.60. The first kappa shape index (κ1) is 14.4. The van der Waals surface area contributed by atoms with E-state index in [2.05, 4.69) is 5.32 Å². The number of likely N-dealkylation sites (N-methyl/N-ethyl adjacent to an activating group) is 1. The van der Waals surface area contributed by atoms with Gasteiger partial charge in [0.05, 0.1) is 18.8 Å². The molecule has 0 radical (unpaired) electrons. The molecule has 6 nitrogen and oxygen atoms in total. The number of sulfonamides is 1. The van der Waals surface area contributed by atoms with E-state index in [-0.39, 0.29) is 24.8 Å². The summed E-state index contributed by atoms with van der Waals surface area (Å²) in [4.78, 5) is 11.1. The van der Waals surface area contributed by atoms with Crippen molar-refractivity contribution in [2.45, 2.75) is 26.3 Å². The normalized spacial score (nSPS) is 16.9. The SMILES string of the molecule is CCOC(=O)CCS(=O)(=O)N(CC)C1CNC1. The first-order valence-corrected chi connectivity index (χ1v) is 7.48. The highest BCUT2D eigenvalue weighted by Crippen LogP contribution is 2.12. The molecule has 0 spiro atoms. The van der Waals surface area contributed by atoms with Gasteiger partial charge in [0.2, 0.25) is 10.0 Å². The molecule has 0 bridgehead atoms. The maximum absolute atomic E-state index is 12.0. The molecule has 1 saturated heterocycles. The fourth-order valence-electron chi connectivity index (χ4n) is 1.72. The largest absolute Gasteiger partial charge is 0.466 e. The van der Waals surface area contributed by atoms with Crippen LogP contribution in [0.5, 0.6) is 0 Å². The number of nitrogens with one attached hydrogen (secondary N) is 1. The van der Waals surface area contributed by atoms with E-state index in [4.69, 9.17) is 4.74 Å². The predicted octanol–water partition coefficient (Wildman–Crippen LogP) is -0.437. The van der Waals surface area contributed by atoms with Crippen LogP contribution in [0.2, 0.25) is 0 Å². The number of hydrogen-bond acceptors (Lipinski definition) is 5. The Morgan fingerprint density at radius 2 is 2.06 bits per heavy atom. The Labute approximate surface area is 102 Å². The number of ether oxygens (including phenoxy) is 1. The van der Waals surface area contributed by atoms with Crippen LogP contribution in [0.25, 0.3) is 0 Å². The summed E-state index contributed by atoms with van der Waals surface area (Å²) < 4.78 is 30.2. The van der Waals surface area contributed by atoms with Crippen molar-refractivity contribution in [2.75, 3.05) is 32.0 Å². The molecule has 0 amide bonds. The van der Waals surface area contributed by atoms with Crippen LogP contribution in [0.3, 0.4) is 0 Å². The third-order valence-corrected chi connectivity index (χ3v) is 4.70. The van der Waals surface area contributed by atoms with Crippen molar-refractivity contribution < 1.29 is 17.9 Å². The van der Waals surface area contributed by atoms with Crippen LogP contribution in [0.1, 0.15) is 20.3 Å². The summed E-state index contributed by atoms with van der Waals surface area (Å²) in [5.74, 6) is -0.630. The summed E-state index contributed by atoms with van der Waals surface area (Å²) in [6.07, 6.45) is -0.0766. The van der Waals surface area contributed by atoms with Crippen LogP contribution in [0, 0.1) is 0 Å². The van der Waals surface area contributed by atoms with Crippen LogP contribution < -0.4 is 5.32 Å². The fourth-order valence-corrected chi connectivity index (χ4v) is 3.38. The molecule has 0 aliphatic carbocycles. The number of hydrogen-bond donors (Lipinski definition) is 1. The lowest BCUT2D eigenvalue weighted by molar-refractivity contribution is -0.142. The van der Waals surface area contributed by atoms with Gasteiger partial charge in [0.15, 0.2) is 0 Å². The molecule has 0 unspecified atom stereocenters. The summed E-state index contributed by atoms with van der Waals surface area (Å²) >= 11 is 0. The molecule has 0 aromatic rings. The van der Waals surface area contributed by atoms with Gasteiger partial charge in [-0.3, -0.25) is 4.79 Å². The van der Waals surface area contributed by atoms with Gasteiger partial charge in [0.1, 0.15) is 0 Å². The van der Waals surface area contributed by atoms with Crippen LogP contribution in [0.4, 0.5) is 0 Å². The molecule has 1 heterocycles. The Morgan fingerprint density at radius 1 is 1.41 bits per heavy atom. The molecule has 17 heavy (non-hydrogen) atoms. The van der Waals surface area contributed by atoms with E-state index in [1.54, 1.807) is 13.8 Å². The zero-order valence-electron chi connectivity index (χ0n) is 10.3. The lowest BCUT2D eigenvalue weighted by Crippen LogP contribution is -2.59. The Morgan fingerprint density at radius 3 is 2.47 bits per heavy atom. The molecular weight excluding hydrogens is 244 g/mol. The van der Waals surface area contributed by atoms with Crippen molar-refractivity contribution in [3.8, 4) is 0 Å². The van der Waals surface area contributed by atoms with Gasteiger partial charge in [-0.1, -0.05) is 6.92 Å². The molecule has 1 rings (SSSR count). The topological polar surface area (TPSA) is 75.7 Å². The van der Waals surface area contributed by atoms with Gasteiger partial charge in [0.25, 0.3) is 0 Å². The number of carbonyl (C=O) groups excluding carboxylic acids is 1. The second-order valence-corrected chi connectivity index (χ2v) is 5.93. The third-order valence-electron chi connectivity index (χ3n) is 2.71. The third kappa shape index (κ3) is 3.93. The van der Waals surface area contributed by atoms with Crippen molar-refractivity contribution in [3.63, 3.8) is 0 Å². The van der Waals surface area contributed by atoms with Gasteiger partial charge < -0.3 is 10.1 Å². The molecule has 0 aromatic carbocycles. The lowest BCUT2D eigenvalue weighted by atomic mass is 10.2. The maximum atomic E-state index is 12.0. The minimum atomic E-state index is -3.35. The van der Waals surface area contributed by atoms with Crippen molar-refractivity contribution in [2.24, 2.45) is 0 Å². The summed E-state index contributed by atoms with van der Waals surface area (Å²) in [6, 6.07) is 0.0344. The van der Waals surface area contributed by atoms with E-state index in [0.717, 1.165) is 0 Å². The minimum Gasteiger partial charge on any atom is -0.466 e. The van der Waals surface area contributed by atoms with Gasteiger partial charge >= 0.3 is 5.97 Å². The van der Waals surface area contributed by atoms with Crippen LogP contribution in [-0.4, -0.2) is 56.7 Å². The molecule has 1 fully saturated rings. The second kappa shape index (κ2) is 6.32. The molecular formula is C10H20N2O4S. The number of esters is 1. The Balaban J connectivity index is 2.50. The van der Waals surface area contributed by atoms with Crippen LogP contribution in [0.15, 0.2) is 0 Å². The van der Waals surface area contributed by atoms with Gasteiger partial charge in [0, 0.05) is 25.7 Å². The predicted molar refractivity (Wildman–Crippen MR) is 64.1 cm³/mol. The zero-order valence-corrected chi connectivity index (χ0v) is 11.1. The molecule has 0 saturated carbocycles. The number of nitrogens with zero attached hydrogens (tertiary/aromatic N) is 1. The van der Waals surface area contributed by atoms with E-state index in [1.807, 2.05) is 0 Å². The van der Waals surface area contributed by atoms with Crippen molar-refractivity contribution >= 4 is 16.0 Å². The second-order valence-electron chi connectivity index (χ2n) is 3.89. The van der Waals surface area contributed by atoms with Gasteiger partial charge in [-0.15, -0.1) is 0 Å². The van der Waals surface area contributed by atoms with Crippen molar-refractivity contribution in [1.82, 2.24) is 9.62 Å². The Hall–Kier alpha value is -0.660. The average molecular weight is 264 g/mol. The molecule has 1 aliphatic heterocycles.